The van der Waals surface area contributed by atoms with Crippen LogP contribution in [0.15, 0.2) is 61.2 Å². The number of allylic oxidation sites excluding steroid dienone is 1. The van der Waals surface area contributed by atoms with Gasteiger partial charge in [-0.25, -0.2) is 0 Å². The summed E-state index contributed by atoms with van der Waals surface area (Å²) in [7, 11) is 0. The SMILES string of the molecule is C=CC[C@@]1(C)C[C@H](c2cccc(Cl)c2)C(c2ccc(Cl)cc2)N(C(CC)CC(O)(O)C(F)(F)F)C1=O. The number of carbonyl (C=O) groups is 1. The number of amides is 1. The molecular formula is C27H30Cl2F3NO3. The number of aliphatic hydroxyl groups is 2. The van der Waals surface area contributed by atoms with Gasteiger partial charge >= 0.3 is 6.18 Å². The number of hydrogen-bond donors (Lipinski definition) is 2. The fourth-order valence-electron chi connectivity index (χ4n) is 5.17. The third-order valence-electron chi connectivity index (χ3n) is 7.02. The number of carbonyl (C=O) groups excluding carboxylic acids is 1. The molecule has 2 N–H and O–H groups in total. The van der Waals surface area contributed by atoms with Gasteiger partial charge in [-0.05, 0) is 54.7 Å². The molecule has 1 aliphatic heterocycles. The summed E-state index contributed by atoms with van der Waals surface area (Å²) in [6.07, 6.45) is -4.00. The second-order valence-corrected chi connectivity index (χ2v) is 10.6. The Labute approximate surface area is 219 Å². The second kappa shape index (κ2) is 10.7. The molecule has 36 heavy (non-hydrogen) atoms. The van der Waals surface area contributed by atoms with E-state index in [-0.39, 0.29) is 18.2 Å². The Morgan fingerprint density at radius 2 is 1.78 bits per heavy atom. The predicted octanol–water partition coefficient (Wildman–Crippen LogP) is 7.04. The van der Waals surface area contributed by atoms with Crippen LogP contribution in [0.3, 0.4) is 0 Å². The van der Waals surface area contributed by atoms with E-state index in [1.807, 2.05) is 6.07 Å². The van der Waals surface area contributed by atoms with Gasteiger partial charge in [0.15, 0.2) is 0 Å². The highest BCUT2D eigenvalue weighted by atomic mass is 35.5. The van der Waals surface area contributed by atoms with Gasteiger partial charge in [-0.2, -0.15) is 13.2 Å². The first-order valence-corrected chi connectivity index (χ1v) is 12.5. The Morgan fingerprint density at radius 3 is 2.31 bits per heavy atom. The first kappa shape index (κ1) is 28.5. The quantitative estimate of drug-likeness (QED) is 0.277. The highest BCUT2D eigenvalue weighted by Crippen LogP contribution is 2.53. The number of likely N-dealkylation sites (tertiary alicyclic amines) is 1. The maximum absolute atomic E-state index is 14.0. The molecule has 0 spiro atoms. The third kappa shape index (κ3) is 5.75. The summed E-state index contributed by atoms with van der Waals surface area (Å²) in [5, 5.41) is 20.9. The minimum Gasteiger partial charge on any atom is -0.359 e. The highest BCUT2D eigenvalue weighted by Gasteiger charge is 2.57. The van der Waals surface area contributed by atoms with E-state index in [4.69, 9.17) is 23.2 Å². The molecule has 2 aromatic carbocycles. The van der Waals surface area contributed by atoms with Gasteiger partial charge in [-0.15, -0.1) is 6.58 Å². The molecule has 4 atom stereocenters. The van der Waals surface area contributed by atoms with Crippen LogP contribution in [0, 0.1) is 5.41 Å². The standard InChI is InChI=1S/C27H30Cl2F3NO3/c1-4-13-25(3)16-22(18-7-6-8-20(29)14-18)23(17-9-11-19(28)12-10-17)33(24(25)34)21(5-2)15-26(35,36)27(30,31)32/h4,6-12,14,21-23,35-36H,1,5,13,15-16H2,2-3H3/t21?,22-,23?,25+/m1/s1. The lowest BCUT2D eigenvalue weighted by Gasteiger charge is -2.52. The van der Waals surface area contributed by atoms with Crippen LogP contribution in [0.4, 0.5) is 13.2 Å². The number of halogens is 5. The maximum atomic E-state index is 14.0. The summed E-state index contributed by atoms with van der Waals surface area (Å²) in [5.41, 5.74) is 0.516. The molecule has 1 fully saturated rings. The van der Waals surface area contributed by atoms with Crippen molar-refractivity contribution in [2.75, 3.05) is 0 Å². The van der Waals surface area contributed by atoms with Crippen LogP contribution in [0.2, 0.25) is 10.0 Å². The van der Waals surface area contributed by atoms with E-state index in [0.29, 0.717) is 28.5 Å². The minimum atomic E-state index is -5.29. The molecular weight excluding hydrogens is 514 g/mol. The van der Waals surface area contributed by atoms with Gasteiger partial charge in [-0.3, -0.25) is 4.79 Å². The van der Waals surface area contributed by atoms with Gasteiger partial charge in [0.05, 0.1) is 11.5 Å². The Morgan fingerprint density at radius 1 is 1.14 bits per heavy atom. The van der Waals surface area contributed by atoms with Gasteiger partial charge < -0.3 is 15.1 Å². The minimum absolute atomic E-state index is 0.0706. The Bertz CT molecular complexity index is 1090. The monoisotopic (exact) mass is 543 g/mol. The van der Waals surface area contributed by atoms with E-state index in [1.165, 1.54) is 4.90 Å². The molecule has 0 bridgehead atoms. The van der Waals surface area contributed by atoms with Gasteiger partial charge in [0.25, 0.3) is 5.79 Å². The maximum Gasteiger partial charge on any atom is 0.442 e. The Hall–Kier alpha value is -2.06. The van der Waals surface area contributed by atoms with Crippen LogP contribution in [0.25, 0.3) is 0 Å². The van der Waals surface area contributed by atoms with E-state index in [0.717, 1.165) is 5.56 Å². The zero-order valence-electron chi connectivity index (χ0n) is 20.1. The van der Waals surface area contributed by atoms with Crippen molar-refractivity contribution in [3.63, 3.8) is 0 Å². The number of rotatable bonds is 8. The summed E-state index contributed by atoms with van der Waals surface area (Å²) in [4.78, 5) is 15.5. The molecule has 1 saturated heterocycles. The van der Waals surface area contributed by atoms with Crippen molar-refractivity contribution in [1.82, 2.24) is 4.90 Å². The third-order valence-corrected chi connectivity index (χ3v) is 7.51. The Kier molecular flexibility index (Phi) is 8.50. The lowest BCUT2D eigenvalue weighted by molar-refractivity contribution is -0.354. The summed E-state index contributed by atoms with van der Waals surface area (Å²) < 4.78 is 40.4. The lowest BCUT2D eigenvalue weighted by Crippen LogP contribution is -2.58. The number of benzene rings is 2. The van der Waals surface area contributed by atoms with E-state index < -0.39 is 35.9 Å². The smallest absolute Gasteiger partial charge is 0.359 e. The molecule has 0 saturated carbocycles. The van der Waals surface area contributed by atoms with Gasteiger partial charge in [0, 0.05) is 28.4 Å². The van der Waals surface area contributed by atoms with Gasteiger partial charge in [-0.1, -0.05) is 67.4 Å². The van der Waals surface area contributed by atoms with Gasteiger partial charge in [0.1, 0.15) is 0 Å². The fourth-order valence-corrected chi connectivity index (χ4v) is 5.50. The summed E-state index contributed by atoms with van der Waals surface area (Å²) in [6, 6.07) is 12.1. The molecule has 9 heteroatoms. The molecule has 3 rings (SSSR count). The molecule has 2 aromatic rings. The van der Waals surface area contributed by atoms with Crippen molar-refractivity contribution in [2.24, 2.45) is 5.41 Å². The van der Waals surface area contributed by atoms with Crippen LogP contribution in [-0.4, -0.2) is 39.0 Å². The molecule has 2 unspecified atom stereocenters. The van der Waals surface area contributed by atoms with Crippen molar-refractivity contribution < 1.29 is 28.2 Å². The molecule has 0 radical (unpaired) electrons. The molecule has 1 aliphatic rings. The van der Waals surface area contributed by atoms with E-state index in [1.54, 1.807) is 62.4 Å². The predicted molar refractivity (Wildman–Crippen MR) is 135 cm³/mol. The number of alkyl halides is 3. The average molecular weight is 544 g/mol. The first-order chi connectivity index (χ1) is 16.7. The fraction of sp³-hybridized carbons (Fsp3) is 0.444. The zero-order chi connectivity index (χ0) is 26.9. The molecule has 1 amide bonds. The normalized spacial score (nSPS) is 24.0. The van der Waals surface area contributed by atoms with Gasteiger partial charge in [0.2, 0.25) is 5.91 Å². The van der Waals surface area contributed by atoms with E-state index >= 15 is 0 Å². The number of hydrogen-bond acceptors (Lipinski definition) is 3. The molecule has 196 valence electrons. The van der Waals surface area contributed by atoms with Crippen molar-refractivity contribution in [1.29, 1.82) is 0 Å². The van der Waals surface area contributed by atoms with Crippen molar-refractivity contribution in [3.8, 4) is 0 Å². The lowest BCUT2D eigenvalue weighted by atomic mass is 9.67. The van der Waals surface area contributed by atoms with Crippen LogP contribution < -0.4 is 0 Å². The van der Waals surface area contributed by atoms with Crippen LogP contribution in [0.1, 0.15) is 62.6 Å². The topological polar surface area (TPSA) is 60.8 Å². The van der Waals surface area contributed by atoms with Crippen LogP contribution in [-0.2, 0) is 4.79 Å². The first-order valence-electron chi connectivity index (χ1n) is 11.7. The molecule has 1 heterocycles. The van der Waals surface area contributed by atoms with Crippen molar-refractivity contribution >= 4 is 29.1 Å². The number of nitrogens with zero attached hydrogens (tertiary/aromatic N) is 1. The van der Waals surface area contributed by atoms with Crippen molar-refractivity contribution in [3.05, 3.63) is 82.4 Å². The van der Waals surface area contributed by atoms with Crippen LogP contribution >= 0.6 is 23.2 Å². The van der Waals surface area contributed by atoms with E-state index in [9.17, 15) is 28.2 Å². The van der Waals surface area contributed by atoms with E-state index in [2.05, 4.69) is 6.58 Å². The molecule has 4 nitrogen and oxygen atoms in total. The largest absolute Gasteiger partial charge is 0.442 e. The second-order valence-electron chi connectivity index (χ2n) is 9.71. The zero-order valence-corrected chi connectivity index (χ0v) is 21.6. The molecule has 0 aromatic heterocycles. The highest BCUT2D eigenvalue weighted by molar-refractivity contribution is 6.30. The Balaban J connectivity index is 2.24. The molecule has 0 aliphatic carbocycles. The van der Waals surface area contributed by atoms with Crippen LogP contribution in [0.5, 0.6) is 0 Å². The van der Waals surface area contributed by atoms with Crippen molar-refractivity contribution in [2.45, 2.75) is 69.5 Å². The number of piperidine rings is 1. The summed E-state index contributed by atoms with van der Waals surface area (Å²) >= 11 is 12.4. The average Bonchev–Trinajstić information content (AvgIpc) is 2.79. The summed E-state index contributed by atoms with van der Waals surface area (Å²) in [5.74, 6) is -4.68. The summed E-state index contributed by atoms with van der Waals surface area (Å²) in [6.45, 7) is 7.17.